The molecule has 0 aliphatic carbocycles. The Bertz CT molecular complexity index is 268. The molecule has 0 spiro atoms. The quantitative estimate of drug-likeness (QED) is 0.726. The highest BCUT2D eigenvalue weighted by Gasteiger charge is 2.02. The number of ether oxygens (including phenoxy) is 1. The maximum Gasteiger partial charge on any atom is 0.119 e. The fourth-order valence-corrected chi connectivity index (χ4v) is 1.38. The van der Waals surface area contributed by atoms with Gasteiger partial charge >= 0.3 is 0 Å². The molecule has 1 rings (SSSR count). The summed E-state index contributed by atoms with van der Waals surface area (Å²) in [6.07, 6.45) is 3.24. The Morgan fingerprint density at radius 2 is 1.87 bits per heavy atom. The van der Waals surface area contributed by atoms with E-state index < -0.39 is 0 Å². The lowest BCUT2D eigenvalue weighted by atomic mass is 10.1. The highest BCUT2D eigenvalue weighted by molar-refractivity contribution is 5.28. The van der Waals surface area contributed by atoms with Crippen LogP contribution in [0.4, 0.5) is 0 Å². The van der Waals surface area contributed by atoms with E-state index in [0.29, 0.717) is 0 Å². The fraction of sp³-hybridized carbons (Fsp3) is 0.538. The molecule has 0 fully saturated rings. The summed E-state index contributed by atoms with van der Waals surface area (Å²) < 4.78 is 5.57. The van der Waals surface area contributed by atoms with Gasteiger partial charge in [0.2, 0.25) is 0 Å². The van der Waals surface area contributed by atoms with E-state index in [1.54, 1.807) is 0 Å². The van der Waals surface area contributed by atoms with Crippen LogP contribution in [-0.4, -0.2) is 6.61 Å². The molecule has 1 unspecified atom stereocenters. The van der Waals surface area contributed by atoms with Crippen LogP contribution < -0.4 is 10.5 Å². The smallest absolute Gasteiger partial charge is 0.119 e. The van der Waals surface area contributed by atoms with Crippen LogP contribution in [0.2, 0.25) is 0 Å². The molecule has 0 aromatic heterocycles. The minimum Gasteiger partial charge on any atom is -0.494 e. The standard InChI is InChI=1S/C13H21NO/c1-3-5-10-15-12-8-6-11(7-9-12)13(14)4-2/h6-9,13H,3-5,10,14H2,1-2H3. The van der Waals surface area contributed by atoms with Crippen molar-refractivity contribution in [2.45, 2.75) is 39.2 Å². The van der Waals surface area contributed by atoms with E-state index in [2.05, 4.69) is 26.0 Å². The minimum absolute atomic E-state index is 0.148. The zero-order valence-electron chi connectivity index (χ0n) is 9.70. The van der Waals surface area contributed by atoms with Crippen LogP contribution in [0.5, 0.6) is 5.75 Å². The molecule has 0 radical (unpaired) electrons. The summed E-state index contributed by atoms with van der Waals surface area (Å²) in [7, 11) is 0. The minimum atomic E-state index is 0.148. The van der Waals surface area contributed by atoms with Gasteiger partial charge in [0.05, 0.1) is 6.61 Å². The second-order valence-corrected chi connectivity index (χ2v) is 3.79. The highest BCUT2D eigenvalue weighted by atomic mass is 16.5. The van der Waals surface area contributed by atoms with Gasteiger partial charge in [-0.3, -0.25) is 0 Å². The normalized spacial score (nSPS) is 12.5. The summed E-state index contributed by atoms with van der Waals surface area (Å²) in [5.74, 6) is 0.940. The van der Waals surface area contributed by atoms with E-state index in [9.17, 15) is 0 Å². The molecule has 0 bridgehead atoms. The molecular weight excluding hydrogens is 186 g/mol. The molecule has 0 saturated heterocycles. The number of hydrogen-bond donors (Lipinski definition) is 1. The Labute approximate surface area is 92.4 Å². The molecular formula is C13H21NO. The monoisotopic (exact) mass is 207 g/mol. The fourth-order valence-electron chi connectivity index (χ4n) is 1.38. The maximum absolute atomic E-state index is 5.93. The maximum atomic E-state index is 5.93. The van der Waals surface area contributed by atoms with Gasteiger partial charge in [-0.05, 0) is 30.5 Å². The molecule has 1 atom stereocenters. The Hall–Kier alpha value is -1.02. The van der Waals surface area contributed by atoms with Crippen molar-refractivity contribution in [3.8, 4) is 5.75 Å². The lowest BCUT2D eigenvalue weighted by molar-refractivity contribution is 0.309. The van der Waals surface area contributed by atoms with Crippen LogP contribution in [0.25, 0.3) is 0 Å². The lowest BCUT2D eigenvalue weighted by Crippen LogP contribution is -2.08. The van der Waals surface area contributed by atoms with Gasteiger partial charge in [-0.2, -0.15) is 0 Å². The third-order valence-electron chi connectivity index (χ3n) is 2.51. The highest BCUT2D eigenvalue weighted by Crippen LogP contribution is 2.18. The summed E-state index contributed by atoms with van der Waals surface area (Å²) in [6, 6.07) is 8.25. The molecule has 2 heteroatoms. The van der Waals surface area contributed by atoms with Crippen molar-refractivity contribution in [3.63, 3.8) is 0 Å². The third kappa shape index (κ3) is 3.92. The van der Waals surface area contributed by atoms with Crippen LogP contribution >= 0.6 is 0 Å². The largest absolute Gasteiger partial charge is 0.494 e. The average molecular weight is 207 g/mol. The van der Waals surface area contributed by atoms with E-state index >= 15 is 0 Å². The average Bonchev–Trinajstić information content (AvgIpc) is 2.29. The third-order valence-corrected chi connectivity index (χ3v) is 2.51. The molecule has 0 heterocycles. The Kier molecular flexibility index (Phi) is 5.19. The van der Waals surface area contributed by atoms with E-state index in [-0.39, 0.29) is 6.04 Å². The van der Waals surface area contributed by atoms with Gasteiger partial charge in [0, 0.05) is 6.04 Å². The SMILES string of the molecule is CCCCOc1ccc(C(N)CC)cc1. The second kappa shape index (κ2) is 6.46. The molecule has 15 heavy (non-hydrogen) atoms. The van der Waals surface area contributed by atoms with Gasteiger partial charge in [-0.15, -0.1) is 0 Å². The van der Waals surface area contributed by atoms with Crippen LogP contribution in [-0.2, 0) is 0 Å². The summed E-state index contributed by atoms with van der Waals surface area (Å²) in [4.78, 5) is 0. The van der Waals surface area contributed by atoms with E-state index in [0.717, 1.165) is 25.2 Å². The van der Waals surface area contributed by atoms with Crippen LogP contribution in [0.3, 0.4) is 0 Å². The van der Waals surface area contributed by atoms with E-state index in [4.69, 9.17) is 10.5 Å². The molecule has 0 aliphatic rings. The van der Waals surface area contributed by atoms with Crippen molar-refractivity contribution in [2.24, 2.45) is 5.73 Å². The lowest BCUT2D eigenvalue weighted by Gasteiger charge is -2.10. The van der Waals surface area contributed by atoms with Crippen molar-refractivity contribution in [1.82, 2.24) is 0 Å². The van der Waals surface area contributed by atoms with Gasteiger partial charge in [0.25, 0.3) is 0 Å². The number of rotatable bonds is 6. The summed E-state index contributed by atoms with van der Waals surface area (Å²) >= 11 is 0. The second-order valence-electron chi connectivity index (χ2n) is 3.79. The number of nitrogens with two attached hydrogens (primary N) is 1. The van der Waals surface area contributed by atoms with E-state index in [1.165, 1.54) is 12.0 Å². The van der Waals surface area contributed by atoms with Crippen LogP contribution in [0, 0.1) is 0 Å². The van der Waals surface area contributed by atoms with Crippen molar-refractivity contribution in [1.29, 1.82) is 0 Å². The number of hydrogen-bond acceptors (Lipinski definition) is 2. The van der Waals surface area contributed by atoms with Crippen molar-refractivity contribution in [2.75, 3.05) is 6.61 Å². The molecule has 0 saturated carbocycles. The topological polar surface area (TPSA) is 35.2 Å². The number of unbranched alkanes of at least 4 members (excludes halogenated alkanes) is 1. The Balaban J connectivity index is 2.49. The van der Waals surface area contributed by atoms with Gasteiger partial charge < -0.3 is 10.5 Å². The first-order valence-corrected chi connectivity index (χ1v) is 5.76. The Morgan fingerprint density at radius 3 is 2.40 bits per heavy atom. The first-order valence-electron chi connectivity index (χ1n) is 5.76. The first-order chi connectivity index (χ1) is 7.27. The number of benzene rings is 1. The van der Waals surface area contributed by atoms with Crippen LogP contribution in [0.15, 0.2) is 24.3 Å². The zero-order valence-corrected chi connectivity index (χ0v) is 9.70. The molecule has 0 amide bonds. The molecule has 1 aromatic carbocycles. The summed E-state index contributed by atoms with van der Waals surface area (Å²) in [5, 5.41) is 0. The van der Waals surface area contributed by atoms with Crippen LogP contribution in [0.1, 0.15) is 44.7 Å². The molecule has 0 aliphatic heterocycles. The van der Waals surface area contributed by atoms with Gasteiger partial charge in [0.15, 0.2) is 0 Å². The zero-order chi connectivity index (χ0) is 11.1. The predicted molar refractivity (Wildman–Crippen MR) is 64.1 cm³/mol. The summed E-state index contributed by atoms with van der Waals surface area (Å²) in [6.45, 7) is 5.05. The molecule has 84 valence electrons. The molecule has 2 nitrogen and oxygen atoms in total. The first kappa shape index (κ1) is 12.1. The van der Waals surface area contributed by atoms with Gasteiger partial charge in [-0.25, -0.2) is 0 Å². The van der Waals surface area contributed by atoms with Gasteiger partial charge in [0.1, 0.15) is 5.75 Å². The van der Waals surface area contributed by atoms with Crippen molar-refractivity contribution < 1.29 is 4.74 Å². The van der Waals surface area contributed by atoms with Crippen molar-refractivity contribution in [3.05, 3.63) is 29.8 Å². The Morgan fingerprint density at radius 1 is 1.20 bits per heavy atom. The molecule has 1 aromatic rings. The van der Waals surface area contributed by atoms with E-state index in [1.807, 2.05) is 12.1 Å². The predicted octanol–water partition coefficient (Wildman–Crippen LogP) is 3.28. The van der Waals surface area contributed by atoms with Crippen molar-refractivity contribution >= 4 is 0 Å². The van der Waals surface area contributed by atoms with Gasteiger partial charge in [-0.1, -0.05) is 32.4 Å². The summed E-state index contributed by atoms with van der Waals surface area (Å²) in [5.41, 5.74) is 7.11. The molecule has 2 N–H and O–H groups in total.